The molecule has 8 aromatic carbocycles. The Balaban J connectivity index is 1.05. The molecule has 56 heavy (non-hydrogen) atoms. The molecule has 0 aliphatic heterocycles. The van der Waals surface area contributed by atoms with Crippen molar-refractivity contribution in [2.24, 2.45) is 0 Å². The van der Waals surface area contributed by atoms with Crippen LogP contribution in [0, 0.1) is 0 Å². The van der Waals surface area contributed by atoms with Gasteiger partial charge in [-0.05, 0) is 69.8 Å². The molecule has 1 atom stereocenters. The zero-order valence-electron chi connectivity index (χ0n) is 30.5. The summed E-state index contributed by atoms with van der Waals surface area (Å²) >= 11 is 0. The summed E-state index contributed by atoms with van der Waals surface area (Å²) in [6.07, 6.45) is 0. The Morgan fingerprint density at radius 1 is 0.375 bits per heavy atom. The quantitative estimate of drug-likeness (QED) is 0.172. The van der Waals surface area contributed by atoms with Gasteiger partial charge >= 0.3 is 0 Å². The molecule has 1 aliphatic carbocycles. The fraction of sp³-hybridized carbons (Fsp3) is 0.0189. The Bertz CT molecular complexity index is 3020. The lowest BCUT2D eigenvalue weighted by atomic mass is 9.87. The van der Waals surface area contributed by atoms with Crippen LogP contribution in [0.1, 0.15) is 22.6 Å². The molecule has 3 heteroatoms. The lowest BCUT2D eigenvalue weighted by Gasteiger charge is -2.17. The van der Waals surface area contributed by atoms with Crippen molar-refractivity contribution in [2.45, 2.75) is 5.92 Å². The van der Waals surface area contributed by atoms with Crippen molar-refractivity contribution in [3.8, 4) is 61.8 Å². The maximum Gasteiger partial charge on any atom is 0.160 e. The molecular weight excluding hydrogens is 679 g/mol. The molecule has 0 amide bonds. The summed E-state index contributed by atoms with van der Waals surface area (Å²) in [5.74, 6) is 0.809. The van der Waals surface area contributed by atoms with E-state index in [2.05, 4.69) is 187 Å². The first-order valence-corrected chi connectivity index (χ1v) is 19.2. The van der Waals surface area contributed by atoms with Gasteiger partial charge in [0.25, 0.3) is 0 Å². The topological polar surface area (TPSA) is 30.7 Å². The van der Waals surface area contributed by atoms with E-state index in [1.807, 2.05) is 24.3 Å². The highest BCUT2D eigenvalue weighted by molar-refractivity contribution is 6.14. The molecule has 11 rings (SSSR count). The molecule has 0 saturated carbocycles. The lowest BCUT2D eigenvalue weighted by molar-refractivity contribution is 1.01. The molecule has 0 radical (unpaired) electrons. The van der Waals surface area contributed by atoms with E-state index < -0.39 is 0 Å². The van der Waals surface area contributed by atoms with Gasteiger partial charge in [-0.15, -0.1) is 0 Å². The number of benzene rings is 8. The van der Waals surface area contributed by atoms with Crippen LogP contribution < -0.4 is 0 Å². The van der Waals surface area contributed by atoms with Gasteiger partial charge < -0.3 is 4.57 Å². The molecule has 0 fully saturated rings. The molecule has 0 spiro atoms. The van der Waals surface area contributed by atoms with Crippen molar-refractivity contribution in [3.05, 3.63) is 223 Å². The summed E-state index contributed by atoms with van der Waals surface area (Å²) in [7, 11) is 0. The van der Waals surface area contributed by atoms with Crippen molar-refractivity contribution in [2.75, 3.05) is 0 Å². The van der Waals surface area contributed by atoms with Crippen molar-refractivity contribution in [1.82, 2.24) is 14.5 Å². The SMILES string of the molecule is c1ccc(-c2cc(-c3cccc(C4c5ccccc5-c5cc(-c6cccc7c8ccccc8n(-c8ccccc8)c67)ccc54)c3)nc(-c3ccccc3)n2)cc1. The van der Waals surface area contributed by atoms with E-state index in [9.17, 15) is 0 Å². The Morgan fingerprint density at radius 3 is 1.80 bits per heavy atom. The van der Waals surface area contributed by atoms with Crippen molar-refractivity contribution < 1.29 is 0 Å². The minimum atomic E-state index is 0.0887. The van der Waals surface area contributed by atoms with E-state index in [-0.39, 0.29) is 5.92 Å². The predicted octanol–water partition coefficient (Wildman–Crippen LogP) is 13.4. The minimum absolute atomic E-state index is 0.0887. The van der Waals surface area contributed by atoms with E-state index in [0.717, 1.165) is 39.6 Å². The van der Waals surface area contributed by atoms with Crippen LogP contribution in [0.25, 0.3) is 83.6 Å². The fourth-order valence-electron chi connectivity index (χ4n) is 8.77. The summed E-state index contributed by atoms with van der Waals surface area (Å²) in [4.78, 5) is 10.2. The molecule has 0 bridgehead atoms. The highest BCUT2D eigenvalue weighted by atomic mass is 15.0. The number of aromatic nitrogens is 3. The molecule has 0 N–H and O–H groups in total. The van der Waals surface area contributed by atoms with Crippen LogP contribution in [-0.4, -0.2) is 14.5 Å². The minimum Gasteiger partial charge on any atom is -0.309 e. The first kappa shape index (κ1) is 32.1. The van der Waals surface area contributed by atoms with Crippen LogP contribution in [0.5, 0.6) is 0 Å². The van der Waals surface area contributed by atoms with Crippen LogP contribution in [0.3, 0.4) is 0 Å². The standard InChI is InChI=1S/C53H35N3/c1-4-16-35(17-5-1)48-34-49(55-53(54-48)36-18-6-2-7-19-36)38-20-14-21-39(32-38)51-44-26-11-10-24-42(44)47-33-37(30-31-45(47)51)41-27-15-28-46-43-25-12-13-29-50(43)56(52(41)46)40-22-8-3-9-23-40/h1-34,51H. The Hall–Kier alpha value is -7.36. The summed E-state index contributed by atoms with van der Waals surface area (Å²) < 4.78 is 2.43. The number of para-hydroxylation sites is 3. The van der Waals surface area contributed by atoms with Crippen LogP contribution in [0.4, 0.5) is 0 Å². The van der Waals surface area contributed by atoms with Crippen LogP contribution in [-0.2, 0) is 0 Å². The number of fused-ring (bicyclic) bond motifs is 6. The van der Waals surface area contributed by atoms with E-state index in [4.69, 9.17) is 9.97 Å². The Labute approximate surface area is 325 Å². The highest BCUT2D eigenvalue weighted by Crippen LogP contribution is 2.50. The van der Waals surface area contributed by atoms with E-state index in [0.29, 0.717) is 0 Å². The van der Waals surface area contributed by atoms with Crippen LogP contribution in [0.2, 0.25) is 0 Å². The second kappa shape index (κ2) is 13.2. The van der Waals surface area contributed by atoms with Gasteiger partial charge in [0, 0.05) is 44.6 Å². The van der Waals surface area contributed by atoms with Crippen molar-refractivity contribution in [1.29, 1.82) is 0 Å². The largest absolute Gasteiger partial charge is 0.309 e. The van der Waals surface area contributed by atoms with Gasteiger partial charge in [-0.2, -0.15) is 0 Å². The average molecular weight is 714 g/mol. The number of hydrogen-bond donors (Lipinski definition) is 0. The summed E-state index contributed by atoms with van der Waals surface area (Å²) in [6, 6.07) is 73.9. The fourth-order valence-corrected chi connectivity index (χ4v) is 8.77. The van der Waals surface area contributed by atoms with Gasteiger partial charge in [-0.25, -0.2) is 9.97 Å². The number of rotatable bonds is 6. The first-order chi connectivity index (χ1) is 27.8. The van der Waals surface area contributed by atoms with E-state index in [1.165, 1.54) is 60.8 Å². The monoisotopic (exact) mass is 713 g/mol. The predicted molar refractivity (Wildman–Crippen MR) is 231 cm³/mol. The highest BCUT2D eigenvalue weighted by Gasteiger charge is 2.31. The second-order valence-corrected chi connectivity index (χ2v) is 14.5. The van der Waals surface area contributed by atoms with Crippen molar-refractivity contribution in [3.63, 3.8) is 0 Å². The van der Waals surface area contributed by atoms with Gasteiger partial charge in [0.05, 0.1) is 22.4 Å². The molecule has 1 unspecified atom stereocenters. The summed E-state index contributed by atoms with van der Waals surface area (Å²) in [6.45, 7) is 0. The van der Waals surface area contributed by atoms with Gasteiger partial charge in [0.15, 0.2) is 5.82 Å². The zero-order valence-corrected chi connectivity index (χ0v) is 30.5. The maximum absolute atomic E-state index is 5.16. The molecular formula is C53H35N3. The number of nitrogens with zero attached hydrogens (tertiary/aromatic N) is 3. The molecule has 1 aliphatic rings. The van der Waals surface area contributed by atoms with E-state index >= 15 is 0 Å². The summed E-state index contributed by atoms with van der Waals surface area (Å²) in [5, 5.41) is 2.52. The molecule has 10 aromatic rings. The first-order valence-electron chi connectivity index (χ1n) is 19.2. The molecule has 2 heterocycles. The molecule has 0 saturated heterocycles. The van der Waals surface area contributed by atoms with Gasteiger partial charge in [0.2, 0.25) is 0 Å². The Kier molecular flexibility index (Phi) is 7.56. The van der Waals surface area contributed by atoms with Crippen LogP contribution >= 0.6 is 0 Å². The third-order valence-electron chi connectivity index (χ3n) is 11.3. The smallest absolute Gasteiger partial charge is 0.160 e. The third kappa shape index (κ3) is 5.28. The van der Waals surface area contributed by atoms with E-state index in [1.54, 1.807) is 0 Å². The van der Waals surface area contributed by atoms with Crippen LogP contribution in [0.15, 0.2) is 206 Å². The zero-order chi connectivity index (χ0) is 37.0. The van der Waals surface area contributed by atoms with Crippen molar-refractivity contribution >= 4 is 21.8 Å². The lowest BCUT2D eigenvalue weighted by Crippen LogP contribution is -2.01. The van der Waals surface area contributed by atoms with Gasteiger partial charge in [-0.1, -0.05) is 170 Å². The maximum atomic E-state index is 5.16. The molecule has 2 aromatic heterocycles. The van der Waals surface area contributed by atoms with Gasteiger partial charge in [0.1, 0.15) is 0 Å². The Morgan fingerprint density at radius 2 is 0.982 bits per heavy atom. The number of hydrogen-bond acceptors (Lipinski definition) is 2. The third-order valence-corrected chi connectivity index (χ3v) is 11.3. The summed E-state index contributed by atoms with van der Waals surface area (Å²) in [5.41, 5.74) is 17.4. The average Bonchev–Trinajstić information content (AvgIpc) is 3.80. The molecule has 3 nitrogen and oxygen atoms in total. The normalized spacial score (nSPS) is 13.2. The second-order valence-electron chi connectivity index (χ2n) is 14.5. The van der Waals surface area contributed by atoms with Gasteiger partial charge in [-0.3, -0.25) is 0 Å². The molecule has 262 valence electrons.